The van der Waals surface area contributed by atoms with Crippen molar-refractivity contribution in [3.05, 3.63) is 120 Å². The summed E-state index contributed by atoms with van der Waals surface area (Å²) in [5, 5.41) is 2.62. The molecule has 0 spiro atoms. The first-order chi connectivity index (χ1) is 13.6. The number of benzene rings is 4. The molecule has 0 heteroatoms. The van der Waals surface area contributed by atoms with Gasteiger partial charge in [-0.2, -0.15) is 0 Å². The lowest BCUT2D eigenvalue weighted by Gasteiger charge is -2.08. The third-order valence-corrected chi connectivity index (χ3v) is 4.60. The van der Waals surface area contributed by atoms with Crippen molar-refractivity contribution >= 4 is 10.8 Å². The highest BCUT2D eigenvalue weighted by atomic mass is 14.1. The molecule has 0 aliphatic heterocycles. The van der Waals surface area contributed by atoms with Gasteiger partial charge in [0.2, 0.25) is 0 Å². The van der Waals surface area contributed by atoms with Gasteiger partial charge in [-0.1, -0.05) is 137 Å². The molecule has 0 N–H and O–H groups in total. The van der Waals surface area contributed by atoms with E-state index in [2.05, 4.69) is 100 Å². The summed E-state index contributed by atoms with van der Waals surface area (Å²) in [6, 6.07) is 37.7. The monoisotopic (exact) mass is 368 g/mol. The summed E-state index contributed by atoms with van der Waals surface area (Å²) >= 11 is 0. The van der Waals surface area contributed by atoms with E-state index in [0.29, 0.717) is 11.8 Å². The van der Waals surface area contributed by atoms with Gasteiger partial charge in [-0.3, -0.25) is 0 Å². The molecule has 0 aliphatic rings. The molecule has 0 atom stereocenters. The van der Waals surface area contributed by atoms with Crippen LogP contribution in [0.2, 0.25) is 0 Å². The molecule has 4 aromatic rings. The maximum atomic E-state index is 2.24. The molecule has 0 saturated heterocycles. The third kappa shape index (κ3) is 7.40. The van der Waals surface area contributed by atoms with Crippen LogP contribution in [-0.2, 0) is 0 Å². The van der Waals surface area contributed by atoms with Crippen molar-refractivity contribution in [3.8, 4) is 0 Å². The van der Waals surface area contributed by atoms with Crippen LogP contribution in [0.3, 0.4) is 0 Å². The summed E-state index contributed by atoms with van der Waals surface area (Å²) in [5.74, 6) is 1.29. The summed E-state index contributed by atoms with van der Waals surface area (Å²) < 4.78 is 0. The predicted octanol–water partition coefficient (Wildman–Crippen LogP) is 8.46. The van der Waals surface area contributed by atoms with Gasteiger partial charge < -0.3 is 0 Å². The Morgan fingerprint density at radius 2 is 0.607 bits per heavy atom. The number of hydrogen-bond donors (Lipinski definition) is 0. The Balaban J connectivity index is 0.000000158. The molecule has 0 nitrogen and oxygen atoms in total. The highest BCUT2D eigenvalue weighted by Gasteiger charge is 2.00. The Morgan fingerprint density at radius 1 is 0.357 bits per heavy atom. The Kier molecular flexibility index (Phi) is 9.01. The molecule has 0 heterocycles. The van der Waals surface area contributed by atoms with Gasteiger partial charge in [0.15, 0.2) is 0 Å². The van der Waals surface area contributed by atoms with Crippen molar-refractivity contribution in [1.82, 2.24) is 0 Å². The fraction of sp³-hybridized carbons (Fsp3) is 0.214. The van der Waals surface area contributed by atoms with Crippen LogP contribution < -0.4 is 0 Å². The Bertz CT molecular complexity index is 784. The van der Waals surface area contributed by atoms with E-state index in [0.717, 1.165) is 0 Å². The van der Waals surface area contributed by atoms with E-state index < -0.39 is 0 Å². The summed E-state index contributed by atoms with van der Waals surface area (Å²) in [6.07, 6.45) is 0. The molecular formula is C28H32. The average Bonchev–Trinajstić information content (AvgIpc) is 2.76. The van der Waals surface area contributed by atoms with Gasteiger partial charge in [0.1, 0.15) is 0 Å². The fourth-order valence-electron chi connectivity index (χ4n) is 2.78. The summed E-state index contributed by atoms with van der Waals surface area (Å²) in [7, 11) is 0. The molecule has 0 amide bonds. The molecule has 4 rings (SSSR count). The van der Waals surface area contributed by atoms with Crippen LogP contribution in [0.5, 0.6) is 0 Å². The fourth-order valence-corrected chi connectivity index (χ4v) is 2.78. The van der Waals surface area contributed by atoms with Gasteiger partial charge in [-0.05, 0) is 33.7 Å². The lowest BCUT2D eigenvalue weighted by atomic mass is 9.97. The molecule has 0 bridgehead atoms. The second-order valence-corrected chi connectivity index (χ2v) is 7.48. The summed E-state index contributed by atoms with van der Waals surface area (Å²) in [6.45, 7) is 8.91. The maximum Gasteiger partial charge on any atom is -0.0184 e. The van der Waals surface area contributed by atoms with Gasteiger partial charge in [0.05, 0.1) is 0 Å². The second-order valence-electron chi connectivity index (χ2n) is 7.48. The van der Waals surface area contributed by atoms with Crippen LogP contribution in [0.25, 0.3) is 10.8 Å². The first-order valence-corrected chi connectivity index (χ1v) is 10.1. The van der Waals surface area contributed by atoms with Crippen LogP contribution in [0.1, 0.15) is 50.7 Å². The average molecular weight is 369 g/mol. The number of fused-ring (bicyclic) bond motifs is 1. The van der Waals surface area contributed by atoms with Gasteiger partial charge in [0, 0.05) is 0 Å². The van der Waals surface area contributed by atoms with Gasteiger partial charge in [-0.15, -0.1) is 0 Å². The first kappa shape index (κ1) is 21.4. The van der Waals surface area contributed by atoms with E-state index in [4.69, 9.17) is 0 Å². The van der Waals surface area contributed by atoms with E-state index in [-0.39, 0.29) is 0 Å². The smallest absolute Gasteiger partial charge is 0.0184 e. The molecule has 144 valence electrons. The number of hydrogen-bond acceptors (Lipinski definition) is 0. The highest BCUT2D eigenvalue weighted by molar-refractivity contribution is 5.82. The zero-order chi connectivity index (χ0) is 20.2. The van der Waals surface area contributed by atoms with Crippen molar-refractivity contribution in [2.24, 2.45) is 0 Å². The normalized spacial score (nSPS) is 10.1. The zero-order valence-electron chi connectivity index (χ0n) is 17.5. The predicted molar refractivity (Wildman–Crippen MR) is 125 cm³/mol. The van der Waals surface area contributed by atoms with Crippen molar-refractivity contribution in [1.29, 1.82) is 0 Å². The maximum absolute atomic E-state index is 2.24. The minimum absolute atomic E-state index is 0.645. The molecule has 4 aromatic carbocycles. The van der Waals surface area contributed by atoms with Crippen LogP contribution >= 0.6 is 0 Å². The van der Waals surface area contributed by atoms with Crippen LogP contribution in [0.15, 0.2) is 109 Å². The van der Waals surface area contributed by atoms with Crippen molar-refractivity contribution in [2.75, 3.05) is 0 Å². The zero-order valence-corrected chi connectivity index (χ0v) is 17.5. The molecule has 0 aliphatic carbocycles. The van der Waals surface area contributed by atoms with Crippen molar-refractivity contribution in [3.63, 3.8) is 0 Å². The van der Waals surface area contributed by atoms with E-state index in [1.165, 1.54) is 21.9 Å². The van der Waals surface area contributed by atoms with Gasteiger partial charge >= 0.3 is 0 Å². The standard InChI is InChI=1S/C12H18.C10H8.C6H6/c1-9(2)11-5-7-12(8-6-11)10(3)4;1-2-6-10-8-4-3-7-9(10)5-1;1-2-4-6-5-3-1/h5-10H,1-4H3;1-8H;1-6H. The van der Waals surface area contributed by atoms with Gasteiger partial charge in [-0.25, -0.2) is 0 Å². The first-order valence-electron chi connectivity index (χ1n) is 10.1. The minimum atomic E-state index is 0.645. The quantitative estimate of drug-likeness (QED) is 0.333. The van der Waals surface area contributed by atoms with Crippen molar-refractivity contribution < 1.29 is 0 Å². The van der Waals surface area contributed by atoms with Crippen LogP contribution in [0, 0.1) is 0 Å². The summed E-state index contributed by atoms with van der Waals surface area (Å²) in [4.78, 5) is 0. The van der Waals surface area contributed by atoms with E-state index in [1.54, 1.807) is 0 Å². The van der Waals surface area contributed by atoms with Crippen LogP contribution in [0.4, 0.5) is 0 Å². The SMILES string of the molecule is CC(C)c1ccc(C(C)C)cc1.c1ccc2ccccc2c1.c1ccccc1. The highest BCUT2D eigenvalue weighted by Crippen LogP contribution is 2.19. The minimum Gasteiger partial charge on any atom is -0.0623 e. The van der Waals surface area contributed by atoms with Crippen LogP contribution in [-0.4, -0.2) is 0 Å². The molecule has 0 fully saturated rings. The topological polar surface area (TPSA) is 0 Å². The Labute approximate surface area is 170 Å². The van der Waals surface area contributed by atoms with E-state index in [9.17, 15) is 0 Å². The molecule has 0 unspecified atom stereocenters. The van der Waals surface area contributed by atoms with Gasteiger partial charge in [0.25, 0.3) is 0 Å². The largest absolute Gasteiger partial charge is 0.0623 e. The molecule has 28 heavy (non-hydrogen) atoms. The number of rotatable bonds is 2. The molecule has 0 aromatic heterocycles. The third-order valence-electron chi connectivity index (χ3n) is 4.60. The van der Waals surface area contributed by atoms with E-state index in [1.807, 2.05) is 36.4 Å². The lowest BCUT2D eigenvalue weighted by Crippen LogP contribution is -1.90. The summed E-state index contributed by atoms with van der Waals surface area (Å²) in [5.41, 5.74) is 2.86. The molecular weight excluding hydrogens is 336 g/mol. The molecule has 0 radical (unpaired) electrons. The Morgan fingerprint density at radius 3 is 0.821 bits per heavy atom. The lowest BCUT2D eigenvalue weighted by molar-refractivity contribution is 0.845. The Hall–Kier alpha value is -2.86. The van der Waals surface area contributed by atoms with Crippen molar-refractivity contribution in [2.45, 2.75) is 39.5 Å². The molecule has 0 saturated carbocycles. The second kappa shape index (κ2) is 11.8. The van der Waals surface area contributed by atoms with E-state index >= 15 is 0 Å².